The topological polar surface area (TPSA) is 42.4 Å². The number of hydrogen-bond donors (Lipinski definition) is 0. The number of pyridine rings is 1. The van der Waals surface area contributed by atoms with Gasteiger partial charge in [0.2, 0.25) is 0 Å². The zero-order valence-corrected chi connectivity index (χ0v) is 20.0. The van der Waals surface area contributed by atoms with Crippen molar-refractivity contribution in [3.63, 3.8) is 0 Å². The highest BCUT2D eigenvalue weighted by Gasteiger charge is 2.52. The quantitative estimate of drug-likeness (QED) is 0.320. The summed E-state index contributed by atoms with van der Waals surface area (Å²) in [6.45, 7) is 0. The van der Waals surface area contributed by atoms with Crippen LogP contribution < -0.4 is 0 Å². The zero-order valence-electron chi connectivity index (χ0n) is 20.0. The average Bonchev–Trinajstić information content (AvgIpc) is 2.90. The number of aromatic nitrogens is 1. The van der Waals surface area contributed by atoms with Crippen LogP contribution in [-0.4, -0.2) is 29.0 Å². The van der Waals surface area contributed by atoms with Crippen LogP contribution in [0.1, 0.15) is 52.8 Å². The Balaban J connectivity index is 1.42. The highest BCUT2D eigenvalue weighted by atomic mass is 16.5. The van der Waals surface area contributed by atoms with Crippen LogP contribution in [0.25, 0.3) is 10.9 Å². The van der Waals surface area contributed by atoms with E-state index in [4.69, 9.17) is 4.74 Å². The van der Waals surface area contributed by atoms with Crippen molar-refractivity contribution < 1.29 is 9.53 Å². The molecule has 2 fully saturated rings. The molecule has 5 atom stereocenters. The lowest BCUT2D eigenvalue weighted by Crippen LogP contribution is -2.54. The Bertz CT molecular complexity index is 1260. The molecule has 176 valence electrons. The van der Waals surface area contributed by atoms with E-state index in [1.165, 1.54) is 11.1 Å². The molecule has 4 heteroatoms. The predicted molar refractivity (Wildman–Crippen MR) is 138 cm³/mol. The van der Waals surface area contributed by atoms with Gasteiger partial charge < -0.3 is 4.74 Å². The molecular formula is C31H30N2O2. The van der Waals surface area contributed by atoms with Crippen molar-refractivity contribution >= 4 is 16.9 Å². The number of piperidine rings is 1. The van der Waals surface area contributed by atoms with E-state index in [-0.39, 0.29) is 36.0 Å². The SMILES string of the molecule is CN1[C@H](c2ccccc2)[C@@H]2CCC[C@@H](C2OC(=O)c2ccnc3ccccc23)[C@@H]1c1ccccc1. The lowest BCUT2D eigenvalue weighted by atomic mass is 9.65. The average molecular weight is 463 g/mol. The van der Waals surface area contributed by atoms with Crippen molar-refractivity contribution in [1.82, 2.24) is 9.88 Å². The summed E-state index contributed by atoms with van der Waals surface area (Å²) < 4.78 is 6.51. The Labute approximate surface area is 206 Å². The maximum absolute atomic E-state index is 13.7. The number of esters is 1. The molecule has 2 aliphatic rings. The molecule has 0 amide bonds. The van der Waals surface area contributed by atoms with E-state index in [1.54, 1.807) is 12.3 Å². The highest BCUT2D eigenvalue weighted by molar-refractivity contribution is 6.03. The summed E-state index contributed by atoms with van der Waals surface area (Å²) in [5.74, 6) is 0.255. The predicted octanol–water partition coefficient (Wildman–Crippen LogP) is 6.60. The fraction of sp³-hybridized carbons (Fsp3) is 0.290. The van der Waals surface area contributed by atoms with Crippen LogP contribution in [0.5, 0.6) is 0 Å². The standard InChI is InChI=1S/C31H30N2O2/c1-33-28(21-11-4-2-5-12-21)25-16-10-17-26(29(33)22-13-6-3-7-14-22)30(25)35-31(34)24-19-20-32-27-18-9-8-15-23(24)27/h2-9,11-15,18-20,25-26,28-30H,10,16-17H2,1H3/t25-,26+,28+,29-,30?. The molecule has 2 bridgehead atoms. The van der Waals surface area contributed by atoms with Gasteiger partial charge >= 0.3 is 5.97 Å². The molecule has 1 saturated carbocycles. The Hall–Kier alpha value is -3.50. The minimum Gasteiger partial charge on any atom is -0.458 e. The number of nitrogens with zero attached hydrogens (tertiary/aromatic N) is 2. The van der Waals surface area contributed by atoms with E-state index < -0.39 is 0 Å². The number of hydrogen-bond acceptors (Lipinski definition) is 4. The number of fused-ring (bicyclic) bond motifs is 3. The summed E-state index contributed by atoms with van der Waals surface area (Å²) in [6.07, 6.45) is 4.82. The van der Waals surface area contributed by atoms with Crippen LogP contribution in [0.2, 0.25) is 0 Å². The molecule has 4 nitrogen and oxygen atoms in total. The van der Waals surface area contributed by atoms with Gasteiger partial charge in [-0.2, -0.15) is 0 Å². The van der Waals surface area contributed by atoms with Crippen LogP contribution in [0, 0.1) is 11.8 Å². The highest BCUT2D eigenvalue weighted by Crippen LogP contribution is 2.54. The molecule has 1 aliphatic heterocycles. The Morgan fingerprint density at radius 3 is 2.00 bits per heavy atom. The number of carbonyl (C=O) groups is 1. The second-order valence-corrected chi connectivity index (χ2v) is 9.88. The van der Waals surface area contributed by atoms with Crippen molar-refractivity contribution in [1.29, 1.82) is 0 Å². The maximum Gasteiger partial charge on any atom is 0.339 e. The fourth-order valence-electron chi connectivity index (χ4n) is 6.59. The summed E-state index contributed by atoms with van der Waals surface area (Å²) in [5.41, 5.74) is 3.99. The lowest BCUT2D eigenvalue weighted by molar-refractivity contribution is -0.118. The number of benzene rings is 3. The molecule has 2 heterocycles. The van der Waals surface area contributed by atoms with Gasteiger partial charge in [0.05, 0.1) is 11.1 Å². The third-order valence-corrected chi connectivity index (χ3v) is 8.00. The summed E-state index contributed by atoms with van der Waals surface area (Å²) in [6, 6.07) is 31.4. The first-order chi connectivity index (χ1) is 17.2. The van der Waals surface area contributed by atoms with E-state index in [2.05, 4.69) is 77.6 Å². The third-order valence-electron chi connectivity index (χ3n) is 8.00. The van der Waals surface area contributed by atoms with Gasteiger partial charge in [0.1, 0.15) is 6.10 Å². The van der Waals surface area contributed by atoms with Gasteiger partial charge in [-0.15, -0.1) is 0 Å². The van der Waals surface area contributed by atoms with E-state index in [0.29, 0.717) is 5.56 Å². The first kappa shape index (κ1) is 22.0. The molecule has 1 unspecified atom stereocenters. The molecule has 1 aromatic heterocycles. The number of para-hydroxylation sites is 1. The normalized spacial score (nSPS) is 26.4. The van der Waals surface area contributed by atoms with Gasteiger partial charge in [-0.25, -0.2) is 4.79 Å². The Kier molecular flexibility index (Phi) is 5.83. The number of carbonyl (C=O) groups excluding carboxylic acids is 1. The smallest absolute Gasteiger partial charge is 0.339 e. The molecule has 0 radical (unpaired) electrons. The lowest BCUT2D eigenvalue weighted by Gasteiger charge is -2.55. The molecule has 35 heavy (non-hydrogen) atoms. The molecule has 1 aliphatic carbocycles. The molecule has 3 aromatic carbocycles. The van der Waals surface area contributed by atoms with Crippen LogP contribution in [0.15, 0.2) is 97.2 Å². The fourth-order valence-corrected chi connectivity index (χ4v) is 6.59. The van der Waals surface area contributed by atoms with Crippen molar-refractivity contribution in [3.05, 3.63) is 114 Å². The summed E-state index contributed by atoms with van der Waals surface area (Å²) >= 11 is 0. The van der Waals surface area contributed by atoms with Gasteiger partial charge in [-0.3, -0.25) is 9.88 Å². The van der Waals surface area contributed by atoms with Gasteiger partial charge in [0, 0.05) is 35.5 Å². The minimum absolute atomic E-state index is 0.144. The zero-order chi connectivity index (χ0) is 23.8. The molecule has 0 spiro atoms. The molecule has 6 rings (SSSR count). The minimum atomic E-state index is -0.242. The number of likely N-dealkylation sites (tertiary alicyclic amines) is 1. The van der Waals surface area contributed by atoms with E-state index in [9.17, 15) is 4.79 Å². The van der Waals surface area contributed by atoms with Crippen molar-refractivity contribution in [3.8, 4) is 0 Å². The largest absolute Gasteiger partial charge is 0.458 e. The van der Waals surface area contributed by atoms with Crippen LogP contribution in [0.4, 0.5) is 0 Å². The molecule has 1 saturated heterocycles. The number of rotatable bonds is 4. The second kappa shape index (κ2) is 9.27. The first-order valence-corrected chi connectivity index (χ1v) is 12.6. The van der Waals surface area contributed by atoms with E-state index in [0.717, 1.165) is 30.2 Å². The molecule has 0 N–H and O–H groups in total. The van der Waals surface area contributed by atoms with Gasteiger partial charge in [0.25, 0.3) is 0 Å². The monoisotopic (exact) mass is 462 g/mol. The Morgan fingerprint density at radius 1 is 0.800 bits per heavy atom. The van der Waals surface area contributed by atoms with Crippen molar-refractivity contribution in [2.45, 2.75) is 37.5 Å². The van der Waals surface area contributed by atoms with Gasteiger partial charge in [-0.1, -0.05) is 85.3 Å². The molecule has 4 aromatic rings. The van der Waals surface area contributed by atoms with Gasteiger partial charge in [0.15, 0.2) is 0 Å². The van der Waals surface area contributed by atoms with Crippen LogP contribution in [-0.2, 0) is 4.74 Å². The third kappa shape index (κ3) is 3.92. The molecular weight excluding hydrogens is 432 g/mol. The van der Waals surface area contributed by atoms with E-state index in [1.807, 2.05) is 24.3 Å². The van der Waals surface area contributed by atoms with Crippen molar-refractivity contribution in [2.24, 2.45) is 11.8 Å². The first-order valence-electron chi connectivity index (χ1n) is 12.6. The van der Waals surface area contributed by atoms with Gasteiger partial charge in [-0.05, 0) is 43.1 Å². The summed E-state index contributed by atoms with van der Waals surface area (Å²) in [4.78, 5) is 20.6. The second-order valence-electron chi connectivity index (χ2n) is 9.88. The van der Waals surface area contributed by atoms with E-state index >= 15 is 0 Å². The van der Waals surface area contributed by atoms with Crippen LogP contribution in [0.3, 0.4) is 0 Å². The Morgan fingerprint density at radius 2 is 1.37 bits per heavy atom. The maximum atomic E-state index is 13.7. The summed E-state index contributed by atoms with van der Waals surface area (Å²) in [5, 5.41) is 0.845. The number of ether oxygens (including phenoxy) is 1. The van der Waals surface area contributed by atoms with Crippen molar-refractivity contribution in [2.75, 3.05) is 7.05 Å². The van der Waals surface area contributed by atoms with Crippen LogP contribution >= 0.6 is 0 Å². The summed E-state index contributed by atoms with van der Waals surface area (Å²) in [7, 11) is 2.25.